The SMILES string of the molecule is CCOC(=O)c1cccc(SSc2cccc(C(=O)OCC)c2N)c1N. The summed E-state index contributed by atoms with van der Waals surface area (Å²) < 4.78 is 10.0. The monoisotopic (exact) mass is 392 g/mol. The predicted molar refractivity (Wildman–Crippen MR) is 105 cm³/mol. The summed E-state index contributed by atoms with van der Waals surface area (Å²) in [6.45, 7) is 4.03. The molecule has 6 nitrogen and oxygen atoms in total. The van der Waals surface area contributed by atoms with E-state index in [2.05, 4.69) is 0 Å². The topological polar surface area (TPSA) is 105 Å². The van der Waals surface area contributed by atoms with E-state index in [1.807, 2.05) is 0 Å². The minimum atomic E-state index is -0.457. The van der Waals surface area contributed by atoms with E-state index < -0.39 is 11.9 Å². The normalized spacial score (nSPS) is 10.4. The minimum Gasteiger partial charge on any atom is -0.462 e. The third-order valence-electron chi connectivity index (χ3n) is 3.34. The van der Waals surface area contributed by atoms with Gasteiger partial charge in [0.15, 0.2) is 0 Å². The van der Waals surface area contributed by atoms with Crippen molar-refractivity contribution in [3.8, 4) is 0 Å². The molecule has 0 fully saturated rings. The third-order valence-corrected chi connectivity index (χ3v) is 5.83. The fraction of sp³-hybridized carbons (Fsp3) is 0.222. The Kier molecular flexibility index (Phi) is 7.23. The molecule has 0 saturated heterocycles. The highest BCUT2D eigenvalue weighted by Crippen LogP contribution is 2.43. The second-order valence-electron chi connectivity index (χ2n) is 5.04. The van der Waals surface area contributed by atoms with E-state index in [9.17, 15) is 9.59 Å². The first kappa shape index (κ1) is 20.0. The lowest BCUT2D eigenvalue weighted by Crippen LogP contribution is -2.08. The van der Waals surface area contributed by atoms with Crippen molar-refractivity contribution in [1.82, 2.24) is 0 Å². The van der Waals surface area contributed by atoms with Gasteiger partial charge in [0.05, 0.1) is 35.7 Å². The maximum atomic E-state index is 11.9. The van der Waals surface area contributed by atoms with Crippen LogP contribution in [0.1, 0.15) is 34.6 Å². The van der Waals surface area contributed by atoms with Crippen LogP contribution >= 0.6 is 21.6 Å². The lowest BCUT2D eigenvalue weighted by Gasteiger charge is -2.12. The Morgan fingerprint density at radius 3 is 1.54 bits per heavy atom. The zero-order valence-corrected chi connectivity index (χ0v) is 16.1. The van der Waals surface area contributed by atoms with Crippen LogP contribution in [0.3, 0.4) is 0 Å². The molecule has 0 aromatic heterocycles. The van der Waals surface area contributed by atoms with Gasteiger partial charge in [-0.05, 0) is 38.1 Å². The van der Waals surface area contributed by atoms with Crippen molar-refractivity contribution in [2.45, 2.75) is 23.6 Å². The van der Waals surface area contributed by atoms with Crippen LogP contribution in [0.2, 0.25) is 0 Å². The van der Waals surface area contributed by atoms with E-state index in [0.717, 1.165) is 0 Å². The summed E-state index contributed by atoms with van der Waals surface area (Å²) in [5.74, 6) is -0.914. The minimum absolute atomic E-state index is 0.279. The molecule has 2 aromatic rings. The number of para-hydroxylation sites is 2. The summed E-state index contributed by atoms with van der Waals surface area (Å²) in [7, 11) is 2.70. The van der Waals surface area contributed by atoms with E-state index >= 15 is 0 Å². The van der Waals surface area contributed by atoms with Crippen LogP contribution in [0.25, 0.3) is 0 Å². The maximum absolute atomic E-state index is 11.9. The molecule has 26 heavy (non-hydrogen) atoms. The highest BCUT2D eigenvalue weighted by Gasteiger charge is 2.17. The fourth-order valence-corrected chi connectivity index (χ4v) is 4.35. The van der Waals surface area contributed by atoms with Crippen molar-refractivity contribution in [1.29, 1.82) is 0 Å². The Morgan fingerprint density at radius 2 is 1.19 bits per heavy atom. The number of carbonyl (C=O) groups is 2. The first-order valence-corrected chi connectivity index (χ1v) is 10.1. The number of nitrogens with two attached hydrogens (primary N) is 2. The zero-order chi connectivity index (χ0) is 19.1. The first-order valence-electron chi connectivity index (χ1n) is 7.95. The van der Waals surface area contributed by atoms with Crippen molar-refractivity contribution < 1.29 is 19.1 Å². The van der Waals surface area contributed by atoms with E-state index in [1.54, 1.807) is 50.2 Å². The summed E-state index contributed by atoms with van der Waals surface area (Å²) in [5.41, 5.74) is 13.5. The molecule has 2 aromatic carbocycles. The van der Waals surface area contributed by atoms with Gasteiger partial charge in [0.25, 0.3) is 0 Å². The van der Waals surface area contributed by atoms with Gasteiger partial charge in [0, 0.05) is 9.79 Å². The van der Waals surface area contributed by atoms with Gasteiger partial charge in [-0.25, -0.2) is 9.59 Å². The maximum Gasteiger partial charge on any atom is 0.340 e. The quantitative estimate of drug-likeness (QED) is 0.414. The van der Waals surface area contributed by atoms with Crippen molar-refractivity contribution >= 4 is 44.9 Å². The second kappa shape index (κ2) is 9.40. The lowest BCUT2D eigenvalue weighted by molar-refractivity contribution is 0.0517. The molecule has 0 unspecified atom stereocenters. The molecule has 0 bridgehead atoms. The molecule has 8 heteroatoms. The van der Waals surface area contributed by atoms with Gasteiger partial charge in [-0.2, -0.15) is 0 Å². The molecular formula is C18H20N2O4S2. The van der Waals surface area contributed by atoms with Crippen molar-refractivity contribution in [2.75, 3.05) is 24.7 Å². The summed E-state index contributed by atoms with van der Waals surface area (Å²) in [4.78, 5) is 25.3. The molecule has 2 rings (SSSR count). The van der Waals surface area contributed by atoms with E-state index in [0.29, 0.717) is 32.3 Å². The lowest BCUT2D eigenvalue weighted by atomic mass is 10.2. The Balaban J connectivity index is 2.19. The highest BCUT2D eigenvalue weighted by molar-refractivity contribution is 8.76. The molecule has 4 N–H and O–H groups in total. The zero-order valence-electron chi connectivity index (χ0n) is 14.5. The van der Waals surface area contributed by atoms with E-state index in [1.165, 1.54) is 21.6 Å². The number of rotatable bonds is 7. The molecule has 0 heterocycles. The first-order chi connectivity index (χ1) is 12.5. The number of esters is 2. The number of hydrogen-bond acceptors (Lipinski definition) is 8. The predicted octanol–water partition coefficient (Wildman–Crippen LogP) is 4.00. The molecular weight excluding hydrogens is 372 g/mol. The summed E-state index contributed by atoms with van der Waals surface area (Å²) in [6, 6.07) is 10.3. The summed E-state index contributed by atoms with van der Waals surface area (Å²) in [6.07, 6.45) is 0. The van der Waals surface area contributed by atoms with Crippen LogP contribution in [-0.4, -0.2) is 25.2 Å². The second-order valence-corrected chi connectivity index (χ2v) is 7.26. The van der Waals surface area contributed by atoms with Crippen molar-refractivity contribution in [3.63, 3.8) is 0 Å². The van der Waals surface area contributed by atoms with Gasteiger partial charge >= 0.3 is 11.9 Å². The van der Waals surface area contributed by atoms with Crippen LogP contribution in [0.4, 0.5) is 11.4 Å². The van der Waals surface area contributed by atoms with Crippen molar-refractivity contribution in [2.24, 2.45) is 0 Å². The van der Waals surface area contributed by atoms with Gasteiger partial charge in [-0.15, -0.1) is 0 Å². The average Bonchev–Trinajstić information content (AvgIpc) is 2.62. The van der Waals surface area contributed by atoms with Gasteiger partial charge < -0.3 is 20.9 Å². The number of benzene rings is 2. The molecule has 0 atom stereocenters. The van der Waals surface area contributed by atoms with Crippen LogP contribution in [-0.2, 0) is 9.47 Å². The molecule has 0 radical (unpaired) electrons. The molecule has 0 saturated carbocycles. The standard InChI is InChI=1S/C18H20N2O4S2/c1-3-23-17(21)11-7-5-9-13(15(11)19)25-26-14-10-6-8-12(16(14)20)18(22)24-4-2/h5-10H,3-4,19-20H2,1-2H3. The van der Waals surface area contributed by atoms with Gasteiger partial charge in [-0.1, -0.05) is 33.7 Å². The Bertz CT molecular complexity index is 744. The average molecular weight is 393 g/mol. The molecule has 0 amide bonds. The number of nitrogen functional groups attached to an aromatic ring is 2. The van der Waals surface area contributed by atoms with Gasteiger partial charge in [0.2, 0.25) is 0 Å². The third kappa shape index (κ3) is 4.64. The van der Waals surface area contributed by atoms with Crippen LogP contribution in [0.15, 0.2) is 46.2 Å². The molecule has 0 spiro atoms. The van der Waals surface area contributed by atoms with Crippen LogP contribution in [0.5, 0.6) is 0 Å². The fourth-order valence-electron chi connectivity index (χ4n) is 2.10. The molecule has 138 valence electrons. The Hall–Kier alpha value is -2.32. The van der Waals surface area contributed by atoms with Gasteiger partial charge in [-0.3, -0.25) is 0 Å². The molecule has 0 aliphatic carbocycles. The highest BCUT2D eigenvalue weighted by atomic mass is 33.1. The Morgan fingerprint density at radius 1 is 0.808 bits per heavy atom. The smallest absolute Gasteiger partial charge is 0.340 e. The van der Waals surface area contributed by atoms with Crippen molar-refractivity contribution in [3.05, 3.63) is 47.5 Å². The van der Waals surface area contributed by atoms with E-state index in [-0.39, 0.29) is 13.2 Å². The summed E-state index contributed by atoms with van der Waals surface area (Å²) >= 11 is 0. The van der Waals surface area contributed by atoms with Gasteiger partial charge in [0.1, 0.15) is 0 Å². The van der Waals surface area contributed by atoms with E-state index in [4.69, 9.17) is 20.9 Å². The van der Waals surface area contributed by atoms with Crippen LogP contribution in [0, 0.1) is 0 Å². The Labute approximate surface area is 160 Å². The number of ether oxygens (including phenoxy) is 2. The number of hydrogen-bond donors (Lipinski definition) is 2. The molecule has 0 aliphatic rings. The largest absolute Gasteiger partial charge is 0.462 e. The summed E-state index contributed by atoms with van der Waals surface area (Å²) in [5, 5.41) is 0. The number of carbonyl (C=O) groups excluding carboxylic acids is 2. The number of anilines is 2. The molecule has 0 aliphatic heterocycles. The van der Waals surface area contributed by atoms with Crippen LogP contribution < -0.4 is 11.5 Å².